The molecule has 4 rings (SSSR count). The average Bonchev–Trinajstić information content (AvgIpc) is 2.80. The SMILES string of the molecule is COc1cccc(C(=O)Nc2ccc(N3CCN(c4ccccn4)CC3)nn2)c1. The second-order valence-electron chi connectivity index (χ2n) is 6.62. The smallest absolute Gasteiger partial charge is 0.256 e. The molecule has 148 valence electrons. The largest absolute Gasteiger partial charge is 0.497 e. The predicted molar refractivity (Wildman–Crippen MR) is 112 cm³/mol. The van der Waals surface area contributed by atoms with Gasteiger partial charge in [0.1, 0.15) is 11.6 Å². The summed E-state index contributed by atoms with van der Waals surface area (Å²) in [6, 6.07) is 16.6. The molecule has 3 aromatic rings. The normalized spacial score (nSPS) is 13.8. The lowest BCUT2D eigenvalue weighted by Gasteiger charge is -2.35. The van der Waals surface area contributed by atoms with Crippen LogP contribution in [0.4, 0.5) is 17.5 Å². The zero-order valence-electron chi connectivity index (χ0n) is 16.2. The molecule has 1 saturated heterocycles. The topological polar surface area (TPSA) is 83.5 Å². The van der Waals surface area contributed by atoms with Crippen LogP contribution in [0.1, 0.15) is 10.4 Å². The number of nitrogens with one attached hydrogen (secondary N) is 1. The van der Waals surface area contributed by atoms with Crippen LogP contribution in [0.5, 0.6) is 5.75 Å². The predicted octanol–water partition coefficient (Wildman–Crippen LogP) is 2.46. The number of ether oxygens (including phenoxy) is 1. The first-order valence-corrected chi connectivity index (χ1v) is 9.43. The first kappa shape index (κ1) is 18.7. The third-order valence-corrected chi connectivity index (χ3v) is 4.80. The molecule has 0 unspecified atom stereocenters. The number of rotatable bonds is 5. The molecule has 0 bridgehead atoms. The maximum Gasteiger partial charge on any atom is 0.256 e. The Labute approximate surface area is 169 Å². The summed E-state index contributed by atoms with van der Waals surface area (Å²) in [4.78, 5) is 21.2. The molecule has 0 saturated carbocycles. The van der Waals surface area contributed by atoms with Crippen LogP contribution >= 0.6 is 0 Å². The summed E-state index contributed by atoms with van der Waals surface area (Å²) >= 11 is 0. The van der Waals surface area contributed by atoms with E-state index in [0.29, 0.717) is 17.1 Å². The Kier molecular flexibility index (Phi) is 5.51. The molecule has 8 heteroatoms. The molecule has 0 spiro atoms. The molecule has 8 nitrogen and oxygen atoms in total. The number of benzene rings is 1. The van der Waals surface area contributed by atoms with Gasteiger partial charge in [-0.2, -0.15) is 0 Å². The summed E-state index contributed by atoms with van der Waals surface area (Å²) in [5, 5.41) is 11.2. The number of aromatic nitrogens is 3. The van der Waals surface area contributed by atoms with E-state index in [0.717, 1.165) is 37.8 Å². The van der Waals surface area contributed by atoms with E-state index in [9.17, 15) is 4.79 Å². The highest BCUT2D eigenvalue weighted by molar-refractivity contribution is 6.03. The van der Waals surface area contributed by atoms with Crippen LogP contribution in [-0.2, 0) is 0 Å². The van der Waals surface area contributed by atoms with E-state index in [1.165, 1.54) is 0 Å². The van der Waals surface area contributed by atoms with Crippen molar-refractivity contribution in [3.63, 3.8) is 0 Å². The zero-order valence-corrected chi connectivity index (χ0v) is 16.2. The van der Waals surface area contributed by atoms with Crippen molar-refractivity contribution < 1.29 is 9.53 Å². The van der Waals surface area contributed by atoms with Gasteiger partial charge in [0.25, 0.3) is 5.91 Å². The van der Waals surface area contributed by atoms with Crippen molar-refractivity contribution in [3.8, 4) is 5.75 Å². The summed E-state index contributed by atoms with van der Waals surface area (Å²) in [7, 11) is 1.57. The van der Waals surface area contributed by atoms with Crippen molar-refractivity contribution >= 4 is 23.4 Å². The summed E-state index contributed by atoms with van der Waals surface area (Å²) in [6.07, 6.45) is 1.81. The Balaban J connectivity index is 1.35. The van der Waals surface area contributed by atoms with Crippen molar-refractivity contribution in [1.82, 2.24) is 15.2 Å². The number of pyridine rings is 1. The fourth-order valence-corrected chi connectivity index (χ4v) is 3.22. The van der Waals surface area contributed by atoms with Gasteiger partial charge in [-0.25, -0.2) is 4.98 Å². The Morgan fingerprint density at radius 3 is 2.38 bits per heavy atom. The van der Waals surface area contributed by atoms with Crippen molar-refractivity contribution in [2.75, 3.05) is 48.4 Å². The van der Waals surface area contributed by atoms with E-state index in [2.05, 4.69) is 30.3 Å². The van der Waals surface area contributed by atoms with Crippen molar-refractivity contribution in [3.05, 3.63) is 66.4 Å². The standard InChI is InChI=1S/C21H22N6O2/c1-29-17-6-4-5-16(15-17)21(28)23-18-8-9-20(25-24-18)27-13-11-26(12-14-27)19-7-2-3-10-22-19/h2-10,15H,11-14H2,1H3,(H,23,24,28). The van der Waals surface area contributed by atoms with Gasteiger partial charge in [0.2, 0.25) is 0 Å². The van der Waals surface area contributed by atoms with E-state index in [4.69, 9.17) is 4.74 Å². The molecule has 1 aromatic carbocycles. The summed E-state index contributed by atoms with van der Waals surface area (Å²) < 4.78 is 5.15. The van der Waals surface area contributed by atoms with Crippen LogP contribution in [0.3, 0.4) is 0 Å². The third-order valence-electron chi connectivity index (χ3n) is 4.80. The number of carbonyl (C=O) groups excluding carboxylic acids is 1. The molecule has 0 radical (unpaired) electrons. The lowest BCUT2D eigenvalue weighted by atomic mass is 10.2. The van der Waals surface area contributed by atoms with Gasteiger partial charge in [0.15, 0.2) is 11.6 Å². The number of hydrogen-bond acceptors (Lipinski definition) is 7. The highest BCUT2D eigenvalue weighted by Crippen LogP contribution is 2.18. The number of hydrogen-bond donors (Lipinski definition) is 1. The van der Waals surface area contributed by atoms with Crippen LogP contribution in [0, 0.1) is 0 Å². The molecule has 3 heterocycles. The molecule has 29 heavy (non-hydrogen) atoms. The zero-order chi connectivity index (χ0) is 20.1. The second-order valence-corrected chi connectivity index (χ2v) is 6.62. The van der Waals surface area contributed by atoms with E-state index >= 15 is 0 Å². The summed E-state index contributed by atoms with van der Waals surface area (Å²) in [5.41, 5.74) is 0.501. The number of amides is 1. The number of nitrogens with zero attached hydrogens (tertiary/aromatic N) is 5. The number of methoxy groups -OCH3 is 1. The van der Waals surface area contributed by atoms with E-state index < -0.39 is 0 Å². The first-order valence-electron chi connectivity index (χ1n) is 9.43. The fraction of sp³-hybridized carbons (Fsp3) is 0.238. The highest BCUT2D eigenvalue weighted by Gasteiger charge is 2.19. The van der Waals surface area contributed by atoms with Gasteiger partial charge in [0, 0.05) is 37.9 Å². The van der Waals surface area contributed by atoms with Crippen LogP contribution in [-0.4, -0.2) is 54.4 Å². The van der Waals surface area contributed by atoms with Gasteiger partial charge in [0.05, 0.1) is 7.11 Å². The van der Waals surface area contributed by atoms with Crippen LogP contribution < -0.4 is 19.9 Å². The van der Waals surface area contributed by atoms with Gasteiger partial charge in [-0.3, -0.25) is 4.79 Å². The molecule has 2 aromatic heterocycles. The average molecular weight is 390 g/mol. The molecular formula is C21H22N6O2. The van der Waals surface area contributed by atoms with E-state index in [1.807, 2.05) is 30.5 Å². The van der Waals surface area contributed by atoms with Gasteiger partial charge < -0.3 is 19.9 Å². The summed E-state index contributed by atoms with van der Waals surface area (Å²) in [5.74, 6) is 2.58. The highest BCUT2D eigenvalue weighted by atomic mass is 16.5. The van der Waals surface area contributed by atoms with E-state index in [-0.39, 0.29) is 5.91 Å². The van der Waals surface area contributed by atoms with Crippen molar-refractivity contribution in [1.29, 1.82) is 0 Å². The minimum absolute atomic E-state index is 0.255. The van der Waals surface area contributed by atoms with E-state index in [1.54, 1.807) is 37.4 Å². The maximum absolute atomic E-state index is 12.4. The lowest BCUT2D eigenvalue weighted by molar-refractivity contribution is 0.102. The fourth-order valence-electron chi connectivity index (χ4n) is 3.22. The maximum atomic E-state index is 12.4. The summed E-state index contributed by atoms with van der Waals surface area (Å²) in [6.45, 7) is 3.40. The monoisotopic (exact) mass is 390 g/mol. The lowest BCUT2D eigenvalue weighted by Crippen LogP contribution is -2.47. The molecule has 0 aliphatic carbocycles. The molecule has 1 N–H and O–H groups in total. The van der Waals surface area contributed by atoms with Crippen molar-refractivity contribution in [2.45, 2.75) is 0 Å². The minimum atomic E-state index is -0.255. The first-order chi connectivity index (χ1) is 14.2. The van der Waals surface area contributed by atoms with Gasteiger partial charge in [-0.1, -0.05) is 12.1 Å². The quantitative estimate of drug-likeness (QED) is 0.716. The van der Waals surface area contributed by atoms with Crippen LogP contribution in [0.25, 0.3) is 0 Å². The molecule has 1 fully saturated rings. The second kappa shape index (κ2) is 8.55. The Morgan fingerprint density at radius 1 is 0.931 bits per heavy atom. The molecule has 1 aliphatic rings. The van der Waals surface area contributed by atoms with Crippen LogP contribution in [0.15, 0.2) is 60.8 Å². The Morgan fingerprint density at radius 2 is 1.72 bits per heavy atom. The molecule has 1 amide bonds. The van der Waals surface area contributed by atoms with Gasteiger partial charge in [-0.05, 0) is 42.5 Å². The molecular weight excluding hydrogens is 368 g/mol. The molecule has 1 aliphatic heterocycles. The number of anilines is 3. The Bertz CT molecular complexity index is 956. The third kappa shape index (κ3) is 4.43. The molecule has 0 atom stereocenters. The number of piperazine rings is 1. The van der Waals surface area contributed by atoms with Gasteiger partial charge in [-0.15, -0.1) is 10.2 Å². The minimum Gasteiger partial charge on any atom is -0.497 e. The van der Waals surface area contributed by atoms with Gasteiger partial charge >= 0.3 is 0 Å². The Hall–Kier alpha value is -3.68. The van der Waals surface area contributed by atoms with Crippen molar-refractivity contribution in [2.24, 2.45) is 0 Å². The van der Waals surface area contributed by atoms with Crippen LogP contribution in [0.2, 0.25) is 0 Å². The number of carbonyl (C=O) groups is 1.